The molecular formula is C10H11NO4S. The van der Waals surface area contributed by atoms with Crippen LogP contribution in [0.2, 0.25) is 0 Å². The maximum absolute atomic E-state index is 11.6. The van der Waals surface area contributed by atoms with E-state index in [0.29, 0.717) is 10.5 Å². The number of aryl methyl sites for hydroxylation is 1. The number of hydrogen-bond donors (Lipinski definition) is 2. The molecule has 0 saturated heterocycles. The Hall–Kier alpha value is -1.69. The van der Waals surface area contributed by atoms with Gasteiger partial charge in [-0.15, -0.1) is 0 Å². The van der Waals surface area contributed by atoms with Gasteiger partial charge in [0.1, 0.15) is 5.75 Å². The fourth-order valence-corrected chi connectivity index (χ4v) is 2.08. The van der Waals surface area contributed by atoms with Gasteiger partial charge in [0.2, 0.25) is 5.91 Å². The lowest BCUT2D eigenvalue weighted by atomic mass is 10.1. The van der Waals surface area contributed by atoms with Crippen LogP contribution < -0.4 is 5.73 Å². The topological polar surface area (TPSA) is 97.5 Å². The maximum atomic E-state index is 11.6. The van der Waals surface area contributed by atoms with E-state index in [-0.39, 0.29) is 11.3 Å². The van der Waals surface area contributed by atoms with Gasteiger partial charge in [0, 0.05) is 4.90 Å². The predicted octanol–water partition coefficient (Wildman–Crippen LogP) is 0.286. The second kappa shape index (κ2) is 4.89. The predicted molar refractivity (Wildman–Crippen MR) is 58.6 cm³/mol. The van der Waals surface area contributed by atoms with Crippen LogP contribution in [0.4, 0.5) is 0 Å². The molecule has 3 N–H and O–H groups in total. The zero-order chi connectivity index (χ0) is 12.3. The number of amides is 1. The number of carboxylic acid groups (broad SMARTS) is 1. The van der Waals surface area contributed by atoms with E-state index < -0.39 is 22.7 Å². The third-order valence-electron chi connectivity index (χ3n) is 1.98. The quantitative estimate of drug-likeness (QED) is 0.791. The molecule has 0 aliphatic carbocycles. The Morgan fingerprint density at radius 3 is 2.56 bits per heavy atom. The van der Waals surface area contributed by atoms with Crippen LogP contribution in [0.5, 0.6) is 0 Å². The molecule has 0 heterocycles. The number of carbonyl (C=O) groups is 2. The SMILES string of the molecule is Cc1ccc(S(=O)CC(N)=O)cc1C(=O)O. The van der Waals surface area contributed by atoms with E-state index in [2.05, 4.69) is 0 Å². The van der Waals surface area contributed by atoms with Gasteiger partial charge < -0.3 is 10.8 Å². The Balaban J connectivity index is 3.08. The number of carbonyl (C=O) groups excluding carboxylic acids is 1. The fraction of sp³-hybridized carbons (Fsp3) is 0.200. The summed E-state index contributed by atoms with van der Waals surface area (Å²) in [6.45, 7) is 1.64. The van der Waals surface area contributed by atoms with Crippen LogP contribution in [-0.2, 0) is 15.6 Å². The summed E-state index contributed by atoms with van der Waals surface area (Å²) in [4.78, 5) is 21.7. The summed E-state index contributed by atoms with van der Waals surface area (Å²) in [6.07, 6.45) is 0. The molecule has 86 valence electrons. The summed E-state index contributed by atoms with van der Waals surface area (Å²) in [7, 11) is -1.59. The summed E-state index contributed by atoms with van der Waals surface area (Å²) >= 11 is 0. The summed E-state index contributed by atoms with van der Waals surface area (Å²) in [5, 5.41) is 8.86. The second-order valence-electron chi connectivity index (χ2n) is 3.24. The molecule has 6 heteroatoms. The van der Waals surface area contributed by atoms with Gasteiger partial charge in [-0.1, -0.05) is 6.07 Å². The Labute approximate surface area is 94.7 Å². The van der Waals surface area contributed by atoms with Crippen LogP contribution in [-0.4, -0.2) is 26.9 Å². The van der Waals surface area contributed by atoms with Gasteiger partial charge in [-0.05, 0) is 24.6 Å². The number of hydrogen-bond acceptors (Lipinski definition) is 3. The molecule has 16 heavy (non-hydrogen) atoms. The first-order valence-electron chi connectivity index (χ1n) is 4.42. The van der Waals surface area contributed by atoms with E-state index in [4.69, 9.17) is 10.8 Å². The smallest absolute Gasteiger partial charge is 0.335 e. The van der Waals surface area contributed by atoms with E-state index in [0.717, 1.165) is 0 Å². The molecule has 1 amide bonds. The molecule has 1 atom stereocenters. The average Bonchev–Trinajstić information content (AvgIpc) is 2.16. The minimum Gasteiger partial charge on any atom is -0.478 e. The summed E-state index contributed by atoms with van der Waals surface area (Å²) in [5.41, 5.74) is 5.57. The Morgan fingerprint density at radius 1 is 1.44 bits per heavy atom. The lowest BCUT2D eigenvalue weighted by Crippen LogP contribution is -2.19. The van der Waals surface area contributed by atoms with Crippen LogP contribution in [0.15, 0.2) is 23.1 Å². The highest BCUT2D eigenvalue weighted by Crippen LogP contribution is 2.14. The monoisotopic (exact) mass is 241 g/mol. The highest BCUT2D eigenvalue weighted by Gasteiger charge is 2.12. The van der Waals surface area contributed by atoms with E-state index in [9.17, 15) is 13.8 Å². The van der Waals surface area contributed by atoms with Gasteiger partial charge in [-0.25, -0.2) is 4.79 Å². The van der Waals surface area contributed by atoms with Crippen LogP contribution in [0.1, 0.15) is 15.9 Å². The molecule has 1 aromatic carbocycles. The number of carboxylic acids is 1. The second-order valence-corrected chi connectivity index (χ2v) is 4.69. The van der Waals surface area contributed by atoms with Crippen molar-refractivity contribution in [2.24, 2.45) is 5.73 Å². The number of nitrogens with two attached hydrogens (primary N) is 1. The van der Waals surface area contributed by atoms with Gasteiger partial charge >= 0.3 is 5.97 Å². The Bertz CT molecular complexity index is 470. The molecule has 1 aromatic rings. The van der Waals surface area contributed by atoms with Crippen molar-refractivity contribution in [3.63, 3.8) is 0 Å². The van der Waals surface area contributed by atoms with Gasteiger partial charge in [0.25, 0.3) is 0 Å². The van der Waals surface area contributed by atoms with Crippen molar-refractivity contribution >= 4 is 22.7 Å². The maximum Gasteiger partial charge on any atom is 0.335 e. The first-order chi connectivity index (χ1) is 7.41. The Kier molecular flexibility index (Phi) is 3.78. The minimum absolute atomic E-state index is 0.0790. The molecule has 0 spiro atoms. The summed E-state index contributed by atoms with van der Waals surface area (Å²) in [6, 6.07) is 4.38. The van der Waals surface area contributed by atoms with Crippen molar-refractivity contribution in [3.05, 3.63) is 29.3 Å². The highest BCUT2D eigenvalue weighted by atomic mass is 32.2. The first-order valence-corrected chi connectivity index (χ1v) is 5.74. The van der Waals surface area contributed by atoms with E-state index in [1.165, 1.54) is 12.1 Å². The van der Waals surface area contributed by atoms with Gasteiger partial charge in [-0.2, -0.15) is 0 Å². The van der Waals surface area contributed by atoms with Crippen molar-refractivity contribution in [1.29, 1.82) is 0 Å². The van der Waals surface area contributed by atoms with Crippen molar-refractivity contribution < 1.29 is 18.9 Å². The molecule has 5 nitrogen and oxygen atoms in total. The van der Waals surface area contributed by atoms with Crippen molar-refractivity contribution in [2.45, 2.75) is 11.8 Å². The standard InChI is InChI=1S/C10H11NO4S/c1-6-2-3-7(4-8(6)10(13)14)16(15)5-9(11)12/h2-4H,5H2,1H3,(H2,11,12)(H,13,14). The summed E-state index contributed by atoms with van der Waals surface area (Å²) in [5.74, 6) is -2.08. The first kappa shape index (κ1) is 12.4. The van der Waals surface area contributed by atoms with E-state index in [1.54, 1.807) is 13.0 Å². The minimum atomic E-state index is -1.59. The number of aromatic carboxylic acids is 1. The van der Waals surface area contributed by atoms with Gasteiger partial charge in [-0.3, -0.25) is 9.00 Å². The van der Waals surface area contributed by atoms with E-state index in [1.807, 2.05) is 0 Å². The summed E-state index contributed by atoms with van der Waals surface area (Å²) < 4.78 is 11.6. The number of primary amides is 1. The van der Waals surface area contributed by atoms with Crippen LogP contribution in [0.3, 0.4) is 0 Å². The largest absolute Gasteiger partial charge is 0.478 e. The molecule has 0 saturated carbocycles. The van der Waals surface area contributed by atoms with Crippen LogP contribution >= 0.6 is 0 Å². The van der Waals surface area contributed by atoms with Crippen molar-refractivity contribution in [3.8, 4) is 0 Å². The van der Waals surface area contributed by atoms with Crippen molar-refractivity contribution in [1.82, 2.24) is 0 Å². The van der Waals surface area contributed by atoms with Gasteiger partial charge in [0.05, 0.1) is 16.4 Å². The molecule has 1 rings (SSSR count). The number of benzene rings is 1. The molecule has 0 bridgehead atoms. The molecule has 0 fully saturated rings. The third kappa shape index (κ3) is 2.90. The molecule has 0 radical (unpaired) electrons. The normalized spacial score (nSPS) is 12.1. The van der Waals surface area contributed by atoms with Crippen LogP contribution in [0, 0.1) is 6.92 Å². The molecule has 0 aromatic heterocycles. The Morgan fingerprint density at radius 2 is 2.06 bits per heavy atom. The third-order valence-corrected chi connectivity index (χ3v) is 3.30. The molecule has 0 aliphatic heterocycles. The van der Waals surface area contributed by atoms with Crippen molar-refractivity contribution in [2.75, 3.05) is 5.75 Å². The molecule has 1 unspecified atom stereocenters. The van der Waals surface area contributed by atoms with E-state index >= 15 is 0 Å². The number of rotatable bonds is 4. The average molecular weight is 241 g/mol. The lowest BCUT2D eigenvalue weighted by molar-refractivity contribution is -0.115. The highest BCUT2D eigenvalue weighted by molar-refractivity contribution is 7.85. The lowest BCUT2D eigenvalue weighted by Gasteiger charge is -2.04. The molecular weight excluding hydrogens is 230 g/mol. The van der Waals surface area contributed by atoms with Gasteiger partial charge in [0.15, 0.2) is 0 Å². The molecule has 0 aliphatic rings. The van der Waals surface area contributed by atoms with Crippen LogP contribution in [0.25, 0.3) is 0 Å². The zero-order valence-electron chi connectivity index (χ0n) is 8.60. The zero-order valence-corrected chi connectivity index (χ0v) is 9.41. The fourth-order valence-electron chi connectivity index (χ4n) is 1.19.